The van der Waals surface area contributed by atoms with E-state index in [-0.39, 0.29) is 0 Å². The third-order valence-corrected chi connectivity index (χ3v) is 5.49. The summed E-state index contributed by atoms with van der Waals surface area (Å²) in [7, 11) is 0. The Morgan fingerprint density at radius 2 is 1.00 bits per heavy atom. The molecule has 0 unspecified atom stereocenters. The standard InChI is InChI=1S/2C11H10S/c2*1-9-4-2-5-10(8-9)11-6-3-7-12-11/h2*2-8H,1H3. The molecule has 0 amide bonds. The highest BCUT2D eigenvalue weighted by Crippen LogP contribution is 2.25. The second kappa shape index (κ2) is 8.09. The topological polar surface area (TPSA) is 0 Å². The van der Waals surface area contributed by atoms with E-state index in [4.69, 9.17) is 0 Å². The Hall–Kier alpha value is -2.16. The maximum absolute atomic E-state index is 2.21. The van der Waals surface area contributed by atoms with E-state index in [9.17, 15) is 0 Å². The van der Waals surface area contributed by atoms with Crippen molar-refractivity contribution in [1.29, 1.82) is 0 Å². The summed E-state index contributed by atoms with van der Waals surface area (Å²) in [5.74, 6) is 0. The Balaban J connectivity index is 0.000000141. The fourth-order valence-electron chi connectivity index (χ4n) is 2.48. The quantitative estimate of drug-likeness (QED) is 0.353. The highest BCUT2D eigenvalue weighted by Gasteiger charge is 1.97. The number of hydrogen-bond acceptors (Lipinski definition) is 2. The lowest BCUT2D eigenvalue weighted by Gasteiger charge is -1.97. The van der Waals surface area contributed by atoms with Crippen LogP contribution in [-0.4, -0.2) is 0 Å². The number of rotatable bonds is 2. The van der Waals surface area contributed by atoms with Crippen LogP contribution >= 0.6 is 22.7 Å². The number of aryl methyl sites for hydroxylation is 2. The SMILES string of the molecule is Cc1cccc(-c2cccs2)c1.Cc1cccc(-c2cccs2)c1. The third kappa shape index (κ3) is 4.44. The fraction of sp³-hybridized carbons (Fsp3) is 0.0909. The van der Waals surface area contributed by atoms with E-state index in [2.05, 4.69) is 97.4 Å². The average Bonchev–Trinajstić information content (AvgIpc) is 3.29. The molecule has 0 saturated heterocycles. The van der Waals surface area contributed by atoms with Gasteiger partial charge in [0.05, 0.1) is 0 Å². The number of thiophene rings is 2. The van der Waals surface area contributed by atoms with E-state index in [1.807, 2.05) is 0 Å². The Bertz CT molecular complexity index is 796. The van der Waals surface area contributed by atoms with Crippen molar-refractivity contribution in [3.8, 4) is 20.9 Å². The summed E-state index contributed by atoms with van der Waals surface area (Å²) in [5.41, 5.74) is 5.29. The molecule has 0 aliphatic carbocycles. The van der Waals surface area contributed by atoms with Gasteiger partial charge in [-0.05, 0) is 47.9 Å². The zero-order chi connectivity index (χ0) is 16.8. The molecule has 0 bridgehead atoms. The van der Waals surface area contributed by atoms with Crippen LogP contribution in [0.4, 0.5) is 0 Å². The van der Waals surface area contributed by atoms with Crippen LogP contribution in [0.1, 0.15) is 11.1 Å². The van der Waals surface area contributed by atoms with Gasteiger partial charge in [-0.15, -0.1) is 22.7 Å². The molecule has 4 aromatic rings. The summed E-state index contributed by atoms with van der Waals surface area (Å²) in [6.45, 7) is 4.24. The largest absolute Gasteiger partial charge is 0.144 e. The molecule has 0 aliphatic rings. The van der Waals surface area contributed by atoms with Crippen LogP contribution in [-0.2, 0) is 0 Å². The lowest BCUT2D eigenvalue weighted by molar-refractivity contribution is 1.48. The van der Waals surface area contributed by atoms with E-state index >= 15 is 0 Å². The van der Waals surface area contributed by atoms with Gasteiger partial charge in [-0.2, -0.15) is 0 Å². The molecule has 120 valence electrons. The zero-order valence-electron chi connectivity index (χ0n) is 13.9. The van der Waals surface area contributed by atoms with Crippen molar-refractivity contribution in [1.82, 2.24) is 0 Å². The van der Waals surface area contributed by atoms with Crippen molar-refractivity contribution in [3.05, 3.63) is 94.7 Å². The molecule has 0 radical (unpaired) electrons. The summed E-state index contributed by atoms with van der Waals surface area (Å²) in [5, 5.41) is 4.22. The van der Waals surface area contributed by atoms with Crippen LogP contribution in [0.3, 0.4) is 0 Å². The second-order valence-corrected chi connectivity index (χ2v) is 7.59. The molecule has 2 heteroatoms. The molecule has 0 saturated carbocycles. The lowest BCUT2D eigenvalue weighted by Crippen LogP contribution is -1.73. The minimum absolute atomic E-state index is 1.32. The normalized spacial score (nSPS) is 10.1. The van der Waals surface area contributed by atoms with Gasteiger partial charge < -0.3 is 0 Å². The van der Waals surface area contributed by atoms with E-state index in [0.29, 0.717) is 0 Å². The molecule has 2 aromatic heterocycles. The van der Waals surface area contributed by atoms with E-state index in [0.717, 1.165) is 0 Å². The number of hydrogen-bond donors (Lipinski definition) is 0. The average molecular weight is 349 g/mol. The van der Waals surface area contributed by atoms with E-state index < -0.39 is 0 Å². The smallest absolute Gasteiger partial charge is 0.0342 e. The van der Waals surface area contributed by atoms with Crippen LogP contribution in [0, 0.1) is 13.8 Å². The maximum Gasteiger partial charge on any atom is 0.0342 e. The van der Waals surface area contributed by atoms with Gasteiger partial charge in [0.1, 0.15) is 0 Å². The minimum atomic E-state index is 1.32. The first-order valence-electron chi connectivity index (χ1n) is 7.93. The maximum atomic E-state index is 2.21. The molecule has 0 nitrogen and oxygen atoms in total. The fourth-order valence-corrected chi connectivity index (χ4v) is 3.93. The van der Waals surface area contributed by atoms with Crippen molar-refractivity contribution >= 4 is 22.7 Å². The molecule has 24 heavy (non-hydrogen) atoms. The first kappa shape index (κ1) is 16.7. The van der Waals surface area contributed by atoms with Gasteiger partial charge in [-0.3, -0.25) is 0 Å². The Morgan fingerprint density at radius 3 is 1.33 bits per heavy atom. The monoisotopic (exact) mass is 348 g/mol. The predicted molar refractivity (Wildman–Crippen MR) is 109 cm³/mol. The van der Waals surface area contributed by atoms with Crippen LogP contribution in [0.25, 0.3) is 20.9 Å². The highest BCUT2D eigenvalue weighted by molar-refractivity contribution is 7.13. The zero-order valence-corrected chi connectivity index (χ0v) is 15.5. The van der Waals surface area contributed by atoms with Crippen molar-refractivity contribution in [3.63, 3.8) is 0 Å². The lowest BCUT2D eigenvalue weighted by atomic mass is 10.1. The summed E-state index contributed by atoms with van der Waals surface area (Å²) < 4.78 is 0. The van der Waals surface area contributed by atoms with Crippen molar-refractivity contribution in [2.75, 3.05) is 0 Å². The molecule has 2 heterocycles. The second-order valence-electron chi connectivity index (χ2n) is 5.69. The van der Waals surface area contributed by atoms with Gasteiger partial charge in [0.25, 0.3) is 0 Å². The summed E-state index contributed by atoms with van der Waals surface area (Å²) in [4.78, 5) is 2.69. The van der Waals surface area contributed by atoms with Crippen molar-refractivity contribution < 1.29 is 0 Å². The summed E-state index contributed by atoms with van der Waals surface area (Å²) >= 11 is 3.57. The molecule has 0 fully saturated rings. The third-order valence-electron chi connectivity index (χ3n) is 3.65. The van der Waals surface area contributed by atoms with Crippen molar-refractivity contribution in [2.45, 2.75) is 13.8 Å². The Labute approximate surface area is 152 Å². The van der Waals surface area contributed by atoms with Crippen molar-refractivity contribution in [2.24, 2.45) is 0 Å². The summed E-state index contributed by atoms with van der Waals surface area (Å²) in [6, 6.07) is 25.7. The highest BCUT2D eigenvalue weighted by atomic mass is 32.1. The minimum Gasteiger partial charge on any atom is -0.144 e. The Kier molecular flexibility index (Phi) is 5.63. The molecular weight excluding hydrogens is 328 g/mol. The first-order valence-corrected chi connectivity index (χ1v) is 9.69. The van der Waals surface area contributed by atoms with Crippen LogP contribution in [0.15, 0.2) is 83.6 Å². The molecule has 0 N–H and O–H groups in total. The summed E-state index contributed by atoms with van der Waals surface area (Å²) in [6.07, 6.45) is 0. The molecule has 0 aliphatic heterocycles. The molecular formula is C22H20S2. The van der Waals surface area contributed by atoms with Gasteiger partial charge in [0, 0.05) is 9.75 Å². The van der Waals surface area contributed by atoms with Gasteiger partial charge in [0.15, 0.2) is 0 Å². The van der Waals surface area contributed by atoms with E-state index in [1.54, 1.807) is 22.7 Å². The van der Waals surface area contributed by atoms with Crippen LogP contribution in [0.5, 0.6) is 0 Å². The van der Waals surface area contributed by atoms with Crippen LogP contribution in [0.2, 0.25) is 0 Å². The van der Waals surface area contributed by atoms with E-state index in [1.165, 1.54) is 32.0 Å². The van der Waals surface area contributed by atoms with Crippen LogP contribution < -0.4 is 0 Å². The molecule has 2 aromatic carbocycles. The van der Waals surface area contributed by atoms with Gasteiger partial charge in [0.2, 0.25) is 0 Å². The molecule has 0 spiro atoms. The predicted octanol–water partition coefficient (Wildman–Crippen LogP) is 7.45. The van der Waals surface area contributed by atoms with Gasteiger partial charge in [-0.25, -0.2) is 0 Å². The first-order chi connectivity index (χ1) is 11.7. The molecule has 4 rings (SSSR count). The molecule has 0 atom stereocenters. The van der Waals surface area contributed by atoms with Gasteiger partial charge in [-0.1, -0.05) is 71.8 Å². The van der Waals surface area contributed by atoms with Gasteiger partial charge >= 0.3 is 0 Å². The number of benzene rings is 2. The Morgan fingerprint density at radius 1 is 0.542 bits per heavy atom.